The van der Waals surface area contributed by atoms with Crippen LogP contribution in [0.15, 0.2) is 0 Å². The SMILES string of the molecule is [Ca].[Cr].[Fe].[Se].[Zn]. The van der Waals surface area contributed by atoms with Gasteiger partial charge in [0.15, 0.2) is 0 Å². The zero-order valence-electron chi connectivity index (χ0n) is 2.58. The van der Waals surface area contributed by atoms with Gasteiger partial charge in [-0.2, -0.15) is 0 Å². The number of hydrogen-bond acceptors (Lipinski definition) is 0. The zero-order chi connectivity index (χ0) is 0. The van der Waals surface area contributed by atoms with Crippen molar-refractivity contribution >= 4 is 54.8 Å². The van der Waals surface area contributed by atoms with Gasteiger partial charge in [0.05, 0.1) is 0 Å². The molecule has 0 heterocycles. The smallest absolute Gasteiger partial charge is 0 e. The molecule has 4 radical (unpaired) electrons. The fraction of sp³-hybridized carbons (Fsp3) is 0. The second-order valence-corrected chi connectivity index (χ2v) is 0. The fourth-order valence-corrected chi connectivity index (χ4v) is 0. The molecular formula is CaCrFeSeZn. The normalized spacial score (nSPS) is 0. The minimum absolute atomic E-state index is 0. The van der Waals surface area contributed by atoms with Gasteiger partial charge in [-0.25, -0.2) is 0 Å². The summed E-state index contributed by atoms with van der Waals surface area (Å²) in [5, 5.41) is 0. The summed E-state index contributed by atoms with van der Waals surface area (Å²) in [4.78, 5) is 0. The predicted octanol–water partition coefficient (Wildman–Crippen LogP) is -0.769. The minimum atomic E-state index is 0. The molecule has 0 aliphatic rings. The molecule has 0 unspecified atom stereocenters. The van der Waals surface area contributed by atoms with Gasteiger partial charge in [-0.1, -0.05) is 0 Å². The van der Waals surface area contributed by atoms with Crippen molar-refractivity contribution in [3.8, 4) is 0 Å². The number of rotatable bonds is 0. The van der Waals surface area contributed by atoms with E-state index in [-0.39, 0.29) is 109 Å². The van der Waals surface area contributed by atoms with E-state index in [0.29, 0.717) is 0 Å². The van der Waals surface area contributed by atoms with Crippen molar-refractivity contribution in [1.29, 1.82) is 0 Å². The quantitative estimate of drug-likeness (QED) is 0.515. The summed E-state index contributed by atoms with van der Waals surface area (Å²) in [7, 11) is 0. The van der Waals surface area contributed by atoms with Crippen molar-refractivity contribution in [2.24, 2.45) is 0 Å². The Hall–Kier alpha value is 3.45. The second kappa shape index (κ2) is 26.0. The summed E-state index contributed by atoms with van der Waals surface area (Å²) < 4.78 is 0. The van der Waals surface area contributed by atoms with Crippen LogP contribution in [0.25, 0.3) is 0 Å². The molecule has 0 rings (SSSR count). The zero-order valence-corrected chi connectivity index (χ0v) is 11.9. The summed E-state index contributed by atoms with van der Waals surface area (Å²) >= 11 is 0. The number of hydrogen-bond donors (Lipinski definition) is 0. The van der Waals surface area contributed by atoms with Crippen LogP contribution in [-0.4, -0.2) is 54.8 Å². The van der Waals surface area contributed by atoms with Crippen molar-refractivity contribution in [3.63, 3.8) is 0 Å². The third-order valence-electron chi connectivity index (χ3n) is 0. The van der Waals surface area contributed by atoms with E-state index < -0.39 is 0 Å². The summed E-state index contributed by atoms with van der Waals surface area (Å²) in [5.41, 5.74) is 0. The molecule has 0 atom stereocenters. The molecule has 5 heavy (non-hydrogen) atoms. The van der Waals surface area contributed by atoms with E-state index in [1.54, 1.807) is 0 Å². The van der Waals surface area contributed by atoms with Gasteiger partial charge in [0.25, 0.3) is 0 Å². The molecule has 0 aliphatic heterocycles. The summed E-state index contributed by atoms with van der Waals surface area (Å²) in [6, 6.07) is 0. The van der Waals surface area contributed by atoms with Gasteiger partial charge >= 0.3 is 0 Å². The molecule has 0 amide bonds. The molecule has 0 aromatic heterocycles. The van der Waals surface area contributed by atoms with Gasteiger partial charge in [0.1, 0.15) is 0 Å². The average Bonchev–Trinajstić information content (AvgIpc) is 0. The Morgan fingerprint density at radius 1 is 1.00 bits per heavy atom. The first-order chi connectivity index (χ1) is 0. The first-order valence-electron chi connectivity index (χ1n) is 0. The molecule has 0 aromatic rings. The molecule has 0 saturated carbocycles. The van der Waals surface area contributed by atoms with Crippen molar-refractivity contribution < 1.29 is 53.9 Å². The minimum Gasteiger partial charge on any atom is 0 e. The van der Waals surface area contributed by atoms with E-state index in [1.807, 2.05) is 0 Å². The van der Waals surface area contributed by atoms with Crippen LogP contribution in [0, 0.1) is 0 Å². The Balaban J connectivity index is 0. The Morgan fingerprint density at radius 2 is 1.00 bits per heavy atom. The second-order valence-electron chi connectivity index (χ2n) is 0. The van der Waals surface area contributed by atoms with Gasteiger partial charge in [0.2, 0.25) is 0 Å². The van der Waals surface area contributed by atoms with Crippen LogP contribution in [0.3, 0.4) is 0 Å². The van der Waals surface area contributed by atoms with E-state index in [0.717, 1.165) is 0 Å². The van der Waals surface area contributed by atoms with Crippen LogP contribution in [0.1, 0.15) is 0 Å². The van der Waals surface area contributed by atoms with Crippen LogP contribution >= 0.6 is 0 Å². The summed E-state index contributed by atoms with van der Waals surface area (Å²) in [6.07, 6.45) is 0. The van der Waals surface area contributed by atoms with Gasteiger partial charge < -0.3 is 0 Å². The fourth-order valence-electron chi connectivity index (χ4n) is 0. The first-order valence-corrected chi connectivity index (χ1v) is 0. The van der Waals surface area contributed by atoms with E-state index in [9.17, 15) is 0 Å². The van der Waals surface area contributed by atoms with E-state index in [4.69, 9.17) is 0 Å². The van der Waals surface area contributed by atoms with Gasteiger partial charge in [-0.3, -0.25) is 0 Å². The average molecular weight is 292 g/mol. The molecule has 0 fully saturated rings. The molecule has 0 aromatic carbocycles. The molecule has 0 aliphatic carbocycles. The van der Waals surface area contributed by atoms with Crippen LogP contribution in [0.4, 0.5) is 0 Å². The summed E-state index contributed by atoms with van der Waals surface area (Å²) in [5.74, 6) is 0. The van der Waals surface area contributed by atoms with Crippen LogP contribution in [-0.2, 0) is 53.9 Å². The molecule has 0 N–H and O–H groups in total. The molecule has 0 bridgehead atoms. The Labute approximate surface area is 106 Å². The van der Waals surface area contributed by atoms with Crippen molar-refractivity contribution in [1.82, 2.24) is 0 Å². The Kier molecular flexibility index (Phi) is 205. The largest absolute Gasteiger partial charge is 0 e. The van der Waals surface area contributed by atoms with Crippen LogP contribution < -0.4 is 0 Å². The molecule has 5 heteroatoms. The van der Waals surface area contributed by atoms with E-state index in [2.05, 4.69) is 0 Å². The third kappa shape index (κ3) is 18.6. The maximum atomic E-state index is 0. The maximum Gasteiger partial charge on any atom is 0 e. The van der Waals surface area contributed by atoms with Crippen LogP contribution in [0.2, 0.25) is 0 Å². The third-order valence-corrected chi connectivity index (χ3v) is 0. The molecule has 0 nitrogen and oxygen atoms in total. The summed E-state index contributed by atoms with van der Waals surface area (Å²) in [6.45, 7) is 0. The molecular weight excluding hydrogens is 292 g/mol. The standard InChI is InChI=1S/Ca.Cr.Fe.Se.Zn. The van der Waals surface area contributed by atoms with Crippen molar-refractivity contribution in [3.05, 3.63) is 0 Å². The van der Waals surface area contributed by atoms with Gasteiger partial charge in [0, 0.05) is 109 Å². The monoisotopic (exact) mass is 292 g/mol. The van der Waals surface area contributed by atoms with Crippen molar-refractivity contribution in [2.45, 2.75) is 0 Å². The molecule has 0 spiro atoms. The van der Waals surface area contributed by atoms with Gasteiger partial charge in [-0.15, -0.1) is 0 Å². The van der Waals surface area contributed by atoms with E-state index >= 15 is 0 Å². The predicted molar refractivity (Wildman–Crippen MR) is 11.5 cm³/mol. The Bertz CT molecular complexity index is 11.6. The topological polar surface area (TPSA) is 0 Å². The van der Waals surface area contributed by atoms with Crippen molar-refractivity contribution in [2.75, 3.05) is 0 Å². The van der Waals surface area contributed by atoms with Gasteiger partial charge in [-0.05, 0) is 0 Å². The maximum absolute atomic E-state index is 0. The molecule has 24 valence electrons. The van der Waals surface area contributed by atoms with Crippen LogP contribution in [0.5, 0.6) is 0 Å². The molecule has 0 saturated heterocycles. The first kappa shape index (κ1) is 39.4. The van der Waals surface area contributed by atoms with E-state index in [1.165, 1.54) is 0 Å². The Morgan fingerprint density at radius 3 is 1.00 bits per heavy atom.